The summed E-state index contributed by atoms with van der Waals surface area (Å²) < 4.78 is 27.4. The lowest BCUT2D eigenvalue weighted by atomic mass is 9.96. The van der Waals surface area contributed by atoms with Crippen LogP contribution in [-0.4, -0.2) is 54.9 Å². The van der Waals surface area contributed by atoms with Gasteiger partial charge in [-0.3, -0.25) is 0 Å². The number of hydrogen-bond donors (Lipinski definition) is 1. The molecule has 1 aliphatic carbocycles. The predicted molar refractivity (Wildman–Crippen MR) is 67.9 cm³/mol. The second-order valence-electron chi connectivity index (χ2n) is 4.53. The summed E-state index contributed by atoms with van der Waals surface area (Å²) in [7, 11) is -1.75. The Kier molecular flexibility index (Phi) is 5.85. The molecule has 0 aromatic rings. The summed E-state index contributed by atoms with van der Waals surface area (Å²) in [4.78, 5) is 0. The van der Waals surface area contributed by atoms with Crippen LogP contribution in [0.15, 0.2) is 0 Å². The Bertz CT molecular complexity index is 313. The van der Waals surface area contributed by atoms with E-state index in [1.165, 1.54) is 15.0 Å². The van der Waals surface area contributed by atoms with Gasteiger partial charge in [-0.05, 0) is 12.8 Å². The van der Waals surface area contributed by atoms with Crippen LogP contribution in [0.4, 0.5) is 0 Å². The first-order valence-corrected chi connectivity index (χ1v) is 7.77. The van der Waals surface area contributed by atoms with Crippen LogP contribution in [-0.2, 0) is 10.2 Å². The highest BCUT2D eigenvalue weighted by Gasteiger charge is 2.31. The molecule has 1 N–H and O–H groups in total. The van der Waals surface area contributed by atoms with Gasteiger partial charge >= 0.3 is 0 Å². The first kappa shape index (κ1) is 14.9. The van der Waals surface area contributed by atoms with Gasteiger partial charge in [-0.25, -0.2) is 0 Å². The highest BCUT2D eigenvalue weighted by molar-refractivity contribution is 7.86. The van der Waals surface area contributed by atoms with Crippen LogP contribution in [0.1, 0.15) is 39.0 Å². The monoisotopic (exact) mass is 264 g/mol. The van der Waals surface area contributed by atoms with Gasteiger partial charge in [0.25, 0.3) is 10.2 Å². The molecule has 0 heterocycles. The number of aliphatic hydroxyl groups is 1. The predicted octanol–water partition coefficient (Wildman–Crippen LogP) is 0.810. The molecular formula is C11H24N2O3S. The largest absolute Gasteiger partial charge is 0.395 e. The fourth-order valence-corrected chi connectivity index (χ4v) is 3.95. The normalized spacial score (nSPS) is 19.1. The van der Waals surface area contributed by atoms with Crippen LogP contribution in [0.5, 0.6) is 0 Å². The van der Waals surface area contributed by atoms with Crippen molar-refractivity contribution >= 4 is 10.2 Å². The molecule has 102 valence electrons. The fraction of sp³-hybridized carbons (Fsp3) is 1.00. The molecule has 0 aromatic carbocycles. The van der Waals surface area contributed by atoms with E-state index in [0.29, 0.717) is 6.54 Å². The van der Waals surface area contributed by atoms with Crippen molar-refractivity contribution in [1.82, 2.24) is 8.61 Å². The first-order chi connectivity index (χ1) is 8.04. The summed E-state index contributed by atoms with van der Waals surface area (Å²) in [6.07, 6.45) is 5.32. The van der Waals surface area contributed by atoms with Gasteiger partial charge in [0.15, 0.2) is 0 Å². The van der Waals surface area contributed by atoms with E-state index >= 15 is 0 Å². The third kappa shape index (κ3) is 3.64. The molecule has 1 aliphatic rings. The van der Waals surface area contributed by atoms with Gasteiger partial charge in [-0.1, -0.05) is 26.2 Å². The van der Waals surface area contributed by atoms with Crippen molar-refractivity contribution in [2.45, 2.75) is 45.1 Å². The lowest BCUT2D eigenvalue weighted by Crippen LogP contribution is -2.47. The SMILES string of the molecule is CCN(CCO)S(=O)(=O)N(C)C1CCCCC1. The summed E-state index contributed by atoms with van der Waals surface area (Å²) in [6, 6.07) is 0.126. The molecule has 0 bridgehead atoms. The van der Waals surface area contributed by atoms with E-state index in [2.05, 4.69) is 0 Å². The van der Waals surface area contributed by atoms with E-state index in [4.69, 9.17) is 5.11 Å². The lowest BCUT2D eigenvalue weighted by molar-refractivity contribution is 0.232. The Morgan fingerprint density at radius 2 is 1.82 bits per heavy atom. The Hall–Kier alpha value is -0.170. The maximum atomic E-state index is 12.3. The number of hydrogen-bond acceptors (Lipinski definition) is 3. The molecule has 17 heavy (non-hydrogen) atoms. The Labute approximate surface area is 105 Å². The van der Waals surface area contributed by atoms with Gasteiger partial charge < -0.3 is 5.11 Å². The minimum Gasteiger partial charge on any atom is -0.395 e. The topological polar surface area (TPSA) is 60.9 Å². The second-order valence-corrected chi connectivity index (χ2v) is 6.52. The second kappa shape index (κ2) is 6.68. The Morgan fingerprint density at radius 1 is 1.24 bits per heavy atom. The Morgan fingerprint density at radius 3 is 2.29 bits per heavy atom. The summed E-state index contributed by atoms with van der Waals surface area (Å²) in [5.74, 6) is 0. The number of nitrogens with zero attached hydrogens (tertiary/aromatic N) is 2. The van der Waals surface area contributed by atoms with Gasteiger partial charge in [-0.2, -0.15) is 17.0 Å². The molecule has 0 atom stereocenters. The van der Waals surface area contributed by atoms with Crippen molar-refractivity contribution in [2.24, 2.45) is 0 Å². The van der Waals surface area contributed by atoms with Crippen LogP contribution in [0.2, 0.25) is 0 Å². The quantitative estimate of drug-likeness (QED) is 0.772. The van der Waals surface area contributed by atoms with Crippen LogP contribution in [0.25, 0.3) is 0 Å². The van der Waals surface area contributed by atoms with Crippen molar-refractivity contribution in [3.05, 3.63) is 0 Å². The number of likely N-dealkylation sites (N-methyl/N-ethyl adjacent to an activating group) is 1. The minimum absolute atomic E-state index is 0.126. The molecule has 0 saturated heterocycles. The van der Waals surface area contributed by atoms with Gasteiger partial charge in [0.1, 0.15) is 0 Å². The smallest absolute Gasteiger partial charge is 0.282 e. The molecule has 1 saturated carbocycles. The summed E-state index contributed by atoms with van der Waals surface area (Å²) in [5.41, 5.74) is 0. The van der Waals surface area contributed by atoms with Crippen LogP contribution < -0.4 is 0 Å². The molecule has 6 heteroatoms. The highest BCUT2D eigenvalue weighted by atomic mass is 32.2. The molecular weight excluding hydrogens is 240 g/mol. The van der Waals surface area contributed by atoms with Crippen LogP contribution in [0, 0.1) is 0 Å². The molecule has 1 rings (SSSR count). The third-order valence-electron chi connectivity index (χ3n) is 3.48. The minimum atomic E-state index is -3.41. The summed E-state index contributed by atoms with van der Waals surface area (Å²) >= 11 is 0. The van der Waals surface area contributed by atoms with E-state index in [1.807, 2.05) is 0 Å². The Balaban J connectivity index is 2.73. The van der Waals surface area contributed by atoms with Crippen molar-refractivity contribution in [3.8, 4) is 0 Å². The summed E-state index contributed by atoms with van der Waals surface area (Å²) in [6.45, 7) is 2.24. The molecule has 5 nitrogen and oxygen atoms in total. The van der Waals surface area contributed by atoms with Crippen molar-refractivity contribution in [3.63, 3.8) is 0 Å². The van der Waals surface area contributed by atoms with Gasteiger partial charge in [0.2, 0.25) is 0 Å². The molecule has 0 aromatic heterocycles. The zero-order valence-corrected chi connectivity index (χ0v) is 11.6. The van der Waals surface area contributed by atoms with Crippen molar-refractivity contribution < 1.29 is 13.5 Å². The zero-order chi connectivity index (χ0) is 12.9. The molecule has 0 radical (unpaired) electrons. The van der Waals surface area contributed by atoms with Gasteiger partial charge in [-0.15, -0.1) is 0 Å². The summed E-state index contributed by atoms with van der Waals surface area (Å²) in [5, 5.41) is 8.90. The van der Waals surface area contributed by atoms with E-state index < -0.39 is 10.2 Å². The van der Waals surface area contributed by atoms with Gasteiger partial charge in [0, 0.05) is 26.2 Å². The van der Waals surface area contributed by atoms with Crippen LogP contribution in [0.3, 0.4) is 0 Å². The first-order valence-electron chi connectivity index (χ1n) is 6.38. The van der Waals surface area contributed by atoms with Crippen molar-refractivity contribution in [2.75, 3.05) is 26.7 Å². The number of aliphatic hydroxyl groups excluding tert-OH is 1. The lowest BCUT2D eigenvalue weighted by Gasteiger charge is -2.33. The van der Waals surface area contributed by atoms with Crippen molar-refractivity contribution in [1.29, 1.82) is 0 Å². The maximum Gasteiger partial charge on any atom is 0.282 e. The average Bonchev–Trinajstić information content (AvgIpc) is 2.35. The fourth-order valence-electron chi connectivity index (χ4n) is 2.36. The zero-order valence-electron chi connectivity index (χ0n) is 10.8. The van der Waals surface area contributed by atoms with E-state index in [-0.39, 0.29) is 19.2 Å². The molecule has 0 amide bonds. The molecule has 1 fully saturated rings. The third-order valence-corrected chi connectivity index (χ3v) is 5.60. The average molecular weight is 264 g/mol. The maximum absolute atomic E-state index is 12.3. The van der Waals surface area contributed by atoms with Crippen LogP contribution >= 0.6 is 0 Å². The van der Waals surface area contributed by atoms with E-state index in [0.717, 1.165) is 25.7 Å². The van der Waals surface area contributed by atoms with E-state index in [9.17, 15) is 8.42 Å². The molecule has 0 unspecified atom stereocenters. The highest BCUT2D eigenvalue weighted by Crippen LogP contribution is 2.24. The van der Waals surface area contributed by atoms with E-state index in [1.54, 1.807) is 14.0 Å². The van der Waals surface area contributed by atoms with Gasteiger partial charge in [0.05, 0.1) is 6.61 Å². The molecule has 0 spiro atoms. The molecule has 0 aliphatic heterocycles. The number of rotatable bonds is 6. The standard InChI is InChI=1S/C11H24N2O3S/c1-3-13(9-10-14)17(15,16)12(2)11-7-5-4-6-8-11/h11,14H,3-10H2,1-2H3.